The van der Waals surface area contributed by atoms with Crippen molar-refractivity contribution in [2.24, 2.45) is 0 Å². The SMILES string of the molecule is O=C(c1ccc2c(c1)C(=O)N(CCc1ccccc1)C2=O)N1CCN(c2ccccc2)CC1. The normalized spacial score (nSPS) is 15.7. The maximum Gasteiger partial charge on any atom is 0.261 e. The number of hydrogen-bond donors (Lipinski definition) is 0. The van der Waals surface area contributed by atoms with Crippen LogP contribution in [0.2, 0.25) is 0 Å². The Morgan fingerprint density at radius 2 is 1.36 bits per heavy atom. The Morgan fingerprint density at radius 3 is 2.06 bits per heavy atom. The van der Waals surface area contributed by atoms with Crippen molar-refractivity contribution in [3.63, 3.8) is 0 Å². The number of nitrogens with zero attached hydrogens (tertiary/aromatic N) is 3. The van der Waals surface area contributed by atoms with Gasteiger partial charge in [-0.3, -0.25) is 19.3 Å². The topological polar surface area (TPSA) is 60.9 Å². The smallest absolute Gasteiger partial charge is 0.261 e. The number of piperazine rings is 1. The van der Waals surface area contributed by atoms with Crippen LogP contribution in [0.4, 0.5) is 5.69 Å². The molecule has 1 saturated heterocycles. The summed E-state index contributed by atoms with van der Waals surface area (Å²) in [6.07, 6.45) is 0.601. The molecule has 166 valence electrons. The molecule has 2 aliphatic rings. The highest BCUT2D eigenvalue weighted by molar-refractivity contribution is 6.22. The first-order chi connectivity index (χ1) is 16.1. The second-order valence-electron chi connectivity index (χ2n) is 8.37. The van der Waals surface area contributed by atoms with Crippen LogP contribution < -0.4 is 4.90 Å². The van der Waals surface area contributed by atoms with E-state index in [0.717, 1.165) is 24.3 Å². The lowest BCUT2D eigenvalue weighted by Gasteiger charge is -2.36. The van der Waals surface area contributed by atoms with Gasteiger partial charge in [0.05, 0.1) is 11.1 Å². The fourth-order valence-corrected chi connectivity index (χ4v) is 4.50. The van der Waals surface area contributed by atoms with Crippen molar-refractivity contribution in [3.8, 4) is 0 Å². The van der Waals surface area contributed by atoms with Gasteiger partial charge in [-0.2, -0.15) is 0 Å². The van der Waals surface area contributed by atoms with E-state index in [1.165, 1.54) is 4.90 Å². The molecule has 3 aromatic carbocycles. The van der Waals surface area contributed by atoms with Crippen LogP contribution in [0.1, 0.15) is 36.6 Å². The lowest BCUT2D eigenvalue weighted by molar-refractivity contribution is 0.0655. The van der Waals surface area contributed by atoms with E-state index in [4.69, 9.17) is 0 Å². The molecule has 0 aromatic heterocycles. The minimum Gasteiger partial charge on any atom is -0.368 e. The summed E-state index contributed by atoms with van der Waals surface area (Å²) in [7, 11) is 0. The first-order valence-corrected chi connectivity index (χ1v) is 11.3. The number of carbonyl (C=O) groups is 3. The highest BCUT2D eigenvalue weighted by Crippen LogP contribution is 2.25. The number of rotatable bonds is 5. The predicted octanol–water partition coefficient (Wildman–Crippen LogP) is 3.49. The summed E-state index contributed by atoms with van der Waals surface area (Å²) in [5, 5.41) is 0. The summed E-state index contributed by atoms with van der Waals surface area (Å²) >= 11 is 0. The first kappa shape index (κ1) is 20.9. The van der Waals surface area contributed by atoms with E-state index in [1.807, 2.05) is 53.4 Å². The van der Waals surface area contributed by atoms with E-state index < -0.39 is 0 Å². The molecule has 0 spiro atoms. The molecule has 0 bridgehead atoms. The zero-order valence-electron chi connectivity index (χ0n) is 18.3. The van der Waals surface area contributed by atoms with Crippen molar-refractivity contribution in [1.82, 2.24) is 9.80 Å². The van der Waals surface area contributed by atoms with Crippen LogP contribution in [0.3, 0.4) is 0 Å². The first-order valence-electron chi connectivity index (χ1n) is 11.3. The third-order valence-corrected chi connectivity index (χ3v) is 6.37. The molecule has 0 N–H and O–H groups in total. The number of imide groups is 1. The highest BCUT2D eigenvalue weighted by atomic mass is 16.2. The Bertz CT molecular complexity index is 1190. The van der Waals surface area contributed by atoms with Crippen LogP contribution in [0.15, 0.2) is 78.9 Å². The van der Waals surface area contributed by atoms with Crippen LogP contribution in [-0.2, 0) is 6.42 Å². The summed E-state index contributed by atoms with van der Waals surface area (Å²) in [5.41, 5.74) is 3.37. The number of fused-ring (bicyclic) bond motifs is 1. The summed E-state index contributed by atoms with van der Waals surface area (Å²) in [6.45, 7) is 3.06. The lowest BCUT2D eigenvalue weighted by Crippen LogP contribution is -2.48. The molecule has 2 heterocycles. The second kappa shape index (κ2) is 8.90. The Morgan fingerprint density at radius 1 is 0.727 bits per heavy atom. The molecule has 6 nitrogen and oxygen atoms in total. The predicted molar refractivity (Wildman–Crippen MR) is 127 cm³/mol. The van der Waals surface area contributed by atoms with Crippen LogP contribution >= 0.6 is 0 Å². The fraction of sp³-hybridized carbons (Fsp3) is 0.222. The second-order valence-corrected chi connectivity index (χ2v) is 8.37. The van der Waals surface area contributed by atoms with Gasteiger partial charge in [0.1, 0.15) is 0 Å². The number of carbonyl (C=O) groups excluding carboxylic acids is 3. The third kappa shape index (κ3) is 4.12. The lowest BCUT2D eigenvalue weighted by atomic mass is 10.0. The van der Waals surface area contributed by atoms with Gasteiger partial charge in [0, 0.05) is 44.0 Å². The summed E-state index contributed by atoms with van der Waals surface area (Å²) in [4.78, 5) is 44.2. The number of hydrogen-bond acceptors (Lipinski definition) is 4. The summed E-state index contributed by atoms with van der Waals surface area (Å²) < 4.78 is 0. The van der Waals surface area contributed by atoms with Crippen LogP contribution in [0.5, 0.6) is 0 Å². The standard InChI is InChI=1S/C27H25N3O3/c31-25(29-17-15-28(16-18-29)22-9-5-2-6-10-22)21-11-12-23-24(19-21)27(33)30(26(23)32)14-13-20-7-3-1-4-8-20/h1-12,19H,13-18H2. The molecule has 6 heteroatoms. The Hall–Kier alpha value is -3.93. The van der Waals surface area contributed by atoms with E-state index in [2.05, 4.69) is 17.0 Å². The Kier molecular flexibility index (Phi) is 5.65. The molecule has 0 atom stereocenters. The number of anilines is 1. The van der Waals surface area contributed by atoms with Crippen molar-refractivity contribution in [1.29, 1.82) is 0 Å². The van der Waals surface area contributed by atoms with Crippen LogP contribution in [-0.4, -0.2) is 60.2 Å². The van der Waals surface area contributed by atoms with Crippen molar-refractivity contribution >= 4 is 23.4 Å². The molecular weight excluding hydrogens is 414 g/mol. The van der Waals surface area contributed by atoms with Crippen molar-refractivity contribution in [2.75, 3.05) is 37.6 Å². The maximum absolute atomic E-state index is 13.1. The van der Waals surface area contributed by atoms with Crippen LogP contribution in [0, 0.1) is 0 Å². The van der Waals surface area contributed by atoms with E-state index in [1.54, 1.807) is 18.2 Å². The third-order valence-electron chi connectivity index (χ3n) is 6.37. The van der Waals surface area contributed by atoms with Gasteiger partial charge in [0.15, 0.2) is 0 Å². The largest absolute Gasteiger partial charge is 0.368 e. The quantitative estimate of drug-likeness (QED) is 0.571. The molecule has 33 heavy (non-hydrogen) atoms. The van der Waals surface area contributed by atoms with Crippen LogP contribution in [0.25, 0.3) is 0 Å². The molecule has 5 rings (SSSR count). The maximum atomic E-state index is 13.1. The van der Waals surface area contributed by atoms with Gasteiger partial charge in [0.25, 0.3) is 17.7 Å². The zero-order valence-corrected chi connectivity index (χ0v) is 18.3. The molecule has 0 aliphatic carbocycles. The summed E-state index contributed by atoms with van der Waals surface area (Å²) in [5.74, 6) is -0.718. The molecular formula is C27H25N3O3. The van der Waals surface area contributed by atoms with E-state index in [9.17, 15) is 14.4 Å². The van der Waals surface area contributed by atoms with Gasteiger partial charge in [-0.15, -0.1) is 0 Å². The van der Waals surface area contributed by atoms with Gasteiger partial charge in [0.2, 0.25) is 0 Å². The molecule has 0 unspecified atom stereocenters. The average molecular weight is 440 g/mol. The molecule has 1 fully saturated rings. The van der Waals surface area contributed by atoms with E-state index in [-0.39, 0.29) is 17.7 Å². The number of amides is 3. The molecule has 0 radical (unpaired) electrons. The zero-order chi connectivity index (χ0) is 22.8. The Balaban J connectivity index is 1.26. The molecule has 3 aromatic rings. The monoisotopic (exact) mass is 439 g/mol. The van der Waals surface area contributed by atoms with E-state index >= 15 is 0 Å². The fourth-order valence-electron chi connectivity index (χ4n) is 4.50. The summed E-state index contributed by atoms with van der Waals surface area (Å²) in [6, 6.07) is 24.8. The van der Waals surface area contributed by atoms with E-state index in [0.29, 0.717) is 42.7 Å². The molecule has 0 saturated carbocycles. The number of para-hydroxylation sites is 1. The average Bonchev–Trinajstić information content (AvgIpc) is 3.12. The van der Waals surface area contributed by atoms with Crippen molar-refractivity contribution in [3.05, 3.63) is 101 Å². The number of benzene rings is 3. The van der Waals surface area contributed by atoms with Crippen molar-refractivity contribution < 1.29 is 14.4 Å². The minimum atomic E-state index is -0.325. The van der Waals surface area contributed by atoms with Gasteiger partial charge in [-0.1, -0.05) is 48.5 Å². The molecule has 3 amide bonds. The van der Waals surface area contributed by atoms with Gasteiger partial charge in [-0.05, 0) is 42.3 Å². The highest BCUT2D eigenvalue weighted by Gasteiger charge is 2.36. The van der Waals surface area contributed by atoms with Crippen molar-refractivity contribution in [2.45, 2.75) is 6.42 Å². The van der Waals surface area contributed by atoms with Gasteiger partial charge in [-0.25, -0.2) is 0 Å². The minimum absolute atomic E-state index is 0.103. The van der Waals surface area contributed by atoms with Gasteiger partial charge < -0.3 is 9.80 Å². The Labute approximate surface area is 193 Å². The van der Waals surface area contributed by atoms with Gasteiger partial charge >= 0.3 is 0 Å². The molecule has 2 aliphatic heterocycles.